The van der Waals surface area contributed by atoms with Crippen LogP contribution in [0.25, 0.3) is 5.76 Å². The second kappa shape index (κ2) is 4.76. The Morgan fingerprint density at radius 3 is 3.00 bits per heavy atom. The number of aromatic amines is 1. The van der Waals surface area contributed by atoms with Gasteiger partial charge in [-0.25, -0.2) is 4.79 Å². The van der Waals surface area contributed by atoms with E-state index >= 15 is 0 Å². The summed E-state index contributed by atoms with van der Waals surface area (Å²) >= 11 is 0. The molecular weight excluding hydrogens is 200 g/mol. The van der Waals surface area contributed by atoms with E-state index in [4.69, 9.17) is 5.26 Å². The summed E-state index contributed by atoms with van der Waals surface area (Å²) in [6.45, 7) is 1.71. The number of rotatable bonds is 3. The number of aromatic nitrogens is 3. The number of nitrogens with zero attached hydrogens (tertiary/aromatic N) is 3. The number of hydrogen-bond donors (Lipinski definition) is 2. The van der Waals surface area contributed by atoms with E-state index in [-0.39, 0.29) is 12.4 Å². The standard InChI is InChI=1S/C8H8N4O3/c1-2-15-8(14)5(3-9)6(13)7-10-4-11-12-7/h4,13H,2H2,1H3,(H,10,11,12)/b6-5-. The van der Waals surface area contributed by atoms with E-state index in [0.29, 0.717) is 0 Å². The zero-order valence-electron chi connectivity index (χ0n) is 7.89. The third-order valence-corrected chi connectivity index (χ3v) is 1.47. The molecule has 7 heteroatoms. The summed E-state index contributed by atoms with van der Waals surface area (Å²) in [5.41, 5.74) is -0.506. The number of ether oxygens (including phenoxy) is 1. The van der Waals surface area contributed by atoms with Crippen molar-refractivity contribution in [3.63, 3.8) is 0 Å². The number of hydrogen-bond acceptors (Lipinski definition) is 6. The highest BCUT2D eigenvalue weighted by molar-refractivity contribution is 5.99. The number of carbonyl (C=O) groups excluding carboxylic acids is 1. The molecule has 0 saturated heterocycles. The van der Waals surface area contributed by atoms with Crippen LogP contribution < -0.4 is 0 Å². The van der Waals surface area contributed by atoms with Gasteiger partial charge in [0.1, 0.15) is 12.4 Å². The first-order valence-electron chi connectivity index (χ1n) is 4.07. The number of aliphatic hydroxyl groups is 1. The van der Waals surface area contributed by atoms with Crippen LogP contribution in [0.15, 0.2) is 11.9 Å². The Balaban J connectivity index is 3.05. The molecule has 0 unspecified atom stereocenters. The minimum atomic E-state index is -0.895. The summed E-state index contributed by atoms with van der Waals surface area (Å²) in [7, 11) is 0. The lowest BCUT2D eigenvalue weighted by atomic mass is 10.2. The van der Waals surface area contributed by atoms with Crippen molar-refractivity contribution in [2.45, 2.75) is 6.92 Å². The van der Waals surface area contributed by atoms with Crippen molar-refractivity contribution in [1.82, 2.24) is 15.2 Å². The van der Waals surface area contributed by atoms with Gasteiger partial charge in [-0.15, -0.1) is 10.2 Å². The normalized spacial score (nSPS) is 11.5. The molecule has 0 aromatic carbocycles. The average molecular weight is 208 g/mol. The lowest BCUT2D eigenvalue weighted by Gasteiger charge is -2.00. The number of H-pyrrole nitrogens is 1. The molecule has 1 rings (SSSR count). The van der Waals surface area contributed by atoms with Gasteiger partial charge in [-0.05, 0) is 6.92 Å². The third kappa shape index (κ3) is 2.31. The smallest absolute Gasteiger partial charge is 0.352 e. The molecule has 0 amide bonds. The molecule has 0 aliphatic carbocycles. The Kier molecular flexibility index (Phi) is 3.40. The molecule has 0 bridgehead atoms. The van der Waals surface area contributed by atoms with Crippen LogP contribution in [-0.2, 0) is 9.53 Å². The SMILES string of the molecule is CCOC(=O)/C(C#N)=C(\O)c1nnc[nH]1. The Labute approximate surface area is 85.0 Å². The molecule has 1 aromatic rings. The second-order valence-corrected chi connectivity index (χ2v) is 2.39. The topological polar surface area (TPSA) is 112 Å². The maximum absolute atomic E-state index is 11.2. The molecule has 78 valence electrons. The molecule has 0 atom stereocenters. The van der Waals surface area contributed by atoms with Gasteiger partial charge in [-0.1, -0.05) is 0 Å². The molecule has 0 saturated carbocycles. The molecule has 0 radical (unpaired) electrons. The molecule has 2 N–H and O–H groups in total. The lowest BCUT2D eigenvalue weighted by Crippen LogP contribution is -2.09. The largest absolute Gasteiger partial charge is 0.503 e. The number of carbonyl (C=O) groups is 1. The molecule has 0 aliphatic rings. The molecule has 1 aromatic heterocycles. The van der Waals surface area contributed by atoms with Crippen molar-refractivity contribution in [2.75, 3.05) is 6.61 Å². The quantitative estimate of drug-likeness (QED) is 0.316. The number of nitrogens with one attached hydrogen (secondary N) is 1. The Morgan fingerprint density at radius 1 is 1.80 bits per heavy atom. The van der Waals surface area contributed by atoms with E-state index in [2.05, 4.69) is 19.9 Å². The number of aliphatic hydroxyl groups excluding tert-OH is 1. The van der Waals surface area contributed by atoms with Gasteiger partial charge in [-0.3, -0.25) is 0 Å². The first kappa shape index (κ1) is 10.7. The van der Waals surface area contributed by atoms with Crippen LogP contribution in [0, 0.1) is 11.3 Å². The highest BCUT2D eigenvalue weighted by atomic mass is 16.5. The fraction of sp³-hybridized carbons (Fsp3) is 0.250. The number of esters is 1. The summed E-state index contributed by atoms with van der Waals surface area (Å²) in [5, 5.41) is 25.0. The van der Waals surface area contributed by atoms with Gasteiger partial charge in [0.25, 0.3) is 0 Å². The molecule has 1 heterocycles. The van der Waals surface area contributed by atoms with Crippen molar-refractivity contribution in [1.29, 1.82) is 5.26 Å². The van der Waals surface area contributed by atoms with Gasteiger partial charge in [0.05, 0.1) is 6.61 Å². The summed E-state index contributed by atoms with van der Waals surface area (Å²) in [4.78, 5) is 13.6. The third-order valence-electron chi connectivity index (χ3n) is 1.47. The van der Waals surface area contributed by atoms with E-state index in [1.807, 2.05) is 0 Å². The van der Waals surface area contributed by atoms with Crippen LogP contribution in [0.2, 0.25) is 0 Å². The van der Waals surface area contributed by atoms with E-state index in [1.54, 1.807) is 13.0 Å². The highest BCUT2D eigenvalue weighted by Gasteiger charge is 2.19. The lowest BCUT2D eigenvalue weighted by molar-refractivity contribution is -0.138. The molecule has 15 heavy (non-hydrogen) atoms. The van der Waals surface area contributed by atoms with Crippen molar-refractivity contribution in [3.05, 3.63) is 17.7 Å². The molecule has 0 aliphatic heterocycles. The fourth-order valence-electron chi connectivity index (χ4n) is 0.838. The van der Waals surface area contributed by atoms with Crippen LogP contribution in [0.1, 0.15) is 12.7 Å². The minimum Gasteiger partial charge on any atom is -0.503 e. The van der Waals surface area contributed by atoms with E-state index in [9.17, 15) is 9.90 Å². The zero-order chi connectivity index (χ0) is 11.3. The van der Waals surface area contributed by atoms with Crippen molar-refractivity contribution in [3.8, 4) is 6.07 Å². The van der Waals surface area contributed by atoms with E-state index < -0.39 is 17.3 Å². The maximum atomic E-state index is 11.2. The molecule has 0 spiro atoms. The minimum absolute atomic E-state index is 0.0559. The van der Waals surface area contributed by atoms with Gasteiger partial charge < -0.3 is 14.8 Å². The molecule has 0 fully saturated rings. The van der Waals surface area contributed by atoms with Crippen LogP contribution in [0.5, 0.6) is 0 Å². The Bertz CT molecular complexity index is 416. The molecular formula is C8H8N4O3. The average Bonchev–Trinajstić information content (AvgIpc) is 2.71. The van der Waals surface area contributed by atoms with Gasteiger partial charge in [0.15, 0.2) is 17.2 Å². The van der Waals surface area contributed by atoms with Gasteiger partial charge in [0.2, 0.25) is 0 Å². The first-order chi connectivity index (χ1) is 7.20. The fourth-order valence-corrected chi connectivity index (χ4v) is 0.838. The van der Waals surface area contributed by atoms with Crippen LogP contribution in [0.4, 0.5) is 0 Å². The maximum Gasteiger partial charge on any atom is 0.352 e. The van der Waals surface area contributed by atoms with Crippen molar-refractivity contribution < 1.29 is 14.6 Å². The van der Waals surface area contributed by atoms with Gasteiger partial charge >= 0.3 is 5.97 Å². The number of nitriles is 1. The Hall–Kier alpha value is -2.36. The monoisotopic (exact) mass is 208 g/mol. The summed E-state index contributed by atoms with van der Waals surface area (Å²) in [5.74, 6) is -1.53. The predicted molar refractivity (Wildman–Crippen MR) is 48.2 cm³/mol. The second-order valence-electron chi connectivity index (χ2n) is 2.39. The first-order valence-corrected chi connectivity index (χ1v) is 4.07. The van der Waals surface area contributed by atoms with Gasteiger partial charge in [-0.2, -0.15) is 5.26 Å². The van der Waals surface area contributed by atoms with E-state index in [0.717, 1.165) is 0 Å². The van der Waals surface area contributed by atoms with Gasteiger partial charge in [0, 0.05) is 0 Å². The summed E-state index contributed by atoms with van der Waals surface area (Å²) < 4.78 is 4.57. The zero-order valence-corrected chi connectivity index (χ0v) is 7.89. The summed E-state index contributed by atoms with van der Waals surface area (Å²) in [6.07, 6.45) is 1.21. The van der Waals surface area contributed by atoms with Crippen LogP contribution >= 0.6 is 0 Å². The Morgan fingerprint density at radius 2 is 2.53 bits per heavy atom. The van der Waals surface area contributed by atoms with Crippen molar-refractivity contribution in [2.24, 2.45) is 0 Å². The predicted octanol–water partition coefficient (Wildman–Crippen LogP) is 0.160. The van der Waals surface area contributed by atoms with Crippen LogP contribution in [0.3, 0.4) is 0 Å². The van der Waals surface area contributed by atoms with Crippen LogP contribution in [-0.4, -0.2) is 32.9 Å². The molecule has 7 nitrogen and oxygen atoms in total. The van der Waals surface area contributed by atoms with Crippen molar-refractivity contribution >= 4 is 11.7 Å². The highest BCUT2D eigenvalue weighted by Crippen LogP contribution is 2.11. The van der Waals surface area contributed by atoms with E-state index in [1.165, 1.54) is 6.33 Å². The summed E-state index contributed by atoms with van der Waals surface area (Å²) in [6, 6.07) is 1.54.